The van der Waals surface area contributed by atoms with Gasteiger partial charge in [-0.05, 0) is 55.8 Å². The summed E-state index contributed by atoms with van der Waals surface area (Å²) in [7, 11) is 0. The molecule has 3 N–H and O–H groups in total. The van der Waals surface area contributed by atoms with Crippen LogP contribution in [0.3, 0.4) is 0 Å². The van der Waals surface area contributed by atoms with Gasteiger partial charge >= 0.3 is 5.97 Å². The van der Waals surface area contributed by atoms with E-state index >= 15 is 0 Å². The molecule has 1 aliphatic heterocycles. The molecular weight excluding hydrogens is 422 g/mol. The lowest BCUT2D eigenvalue weighted by Gasteiger charge is -2.11. The number of carbonyl (C=O) groups excluding carboxylic acids is 2. The third-order valence-electron chi connectivity index (χ3n) is 4.93. The minimum Gasteiger partial charge on any atom is -0.462 e. The number of pyridine rings is 1. The number of Topliss-reactive ketones (excluding diaryl/α,β-unsaturated/α-hetero) is 1. The van der Waals surface area contributed by atoms with Gasteiger partial charge in [-0.15, -0.1) is 0 Å². The number of hydrogen-bond acceptors (Lipinski definition) is 7. The molecule has 4 rings (SSSR count). The van der Waals surface area contributed by atoms with Gasteiger partial charge in [0.25, 0.3) is 0 Å². The quantitative estimate of drug-likeness (QED) is 0.240. The van der Waals surface area contributed by atoms with Crippen LogP contribution in [0.15, 0.2) is 59.9 Å². The summed E-state index contributed by atoms with van der Waals surface area (Å²) in [5.74, 6) is 4.09. The Labute approximate surface area is 189 Å². The van der Waals surface area contributed by atoms with Crippen molar-refractivity contribution < 1.29 is 24.2 Å². The van der Waals surface area contributed by atoms with Crippen LogP contribution in [0.25, 0.3) is 17.1 Å². The SMILES string of the molecule is CCOC(=O)C1=C(Nc2ccc(C#CCO)cc2C)OC(=Cc2c[nH]c3ncccc23)C1=O. The fourth-order valence-corrected chi connectivity index (χ4v) is 3.39. The lowest BCUT2D eigenvalue weighted by molar-refractivity contribution is -0.139. The Hall–Kier alpha value is -4.35. The molecule has 8 heteroatoms. The summed E-state index contributed by atoms with van der Waals surface area (Å²) >= 11 is 0. The molecule has 3 aromatic rings. The third kappa shape index (κ3) is 4.49. The number of aromatic nitrogens is 2. The number of ketones is 1. The fraction of sp³-hybridized carbons (Fsp3) is 0.160. The highest BCUT2D eigenvalue weighted by atomic mass is 16.5. The maximum atomic E-state index is 13.1. The molecule has 0 atom stereocenters. The standard InChI is InChI=1S/C25H21N3O5/c1-3-32-25(31)21-22(30)20(13-17-14-27-23-18(17)7-4-10-26-23)33-24(21)28-19-9-8-16(6-5-11-29)12-15(19)2/h4,7-10,12-14,28-29H,3,11H2,1-2H3,(H,26,27). The molecule has 1 aliphatic rings. The first-order valence-electron chi connectivity index (χ1n) is 10.3. The molecule has 0 saturated heterocycles. The van der Waals surface area contributed by atoms with Crippen molar-refractivity contribution in [2.75, 3.05) is 18.5 Å². The van der Waals surface area contributed by atoms with E-state index in [0.717, 1.165) is 16.5 Å². The minimum atomic E-state index is -0.767. The smallest absolute Gasteiger partial charge is 0.347 e. The average Bonchev–Trinajstić information content (AvgIpc) is 3.35. The Bertz CT molecular complexity index is 1370. The van der Waals surface area contributed by atoms with Gasteiger partial charge in [0.15, 0.2) is 11.3 Å². The molecule has 3 heterocycles. The van der Waals surface area contributed by atoms with Crippen LogP contribution in [-0.4, -0.2) is 40.0 Å². The number of aliphatic hydroxyl groups is 1. The van der Waals surface area contributed by atoms with Gasteiger partial charge in [-0.2, -0.15) is 0 Å². The van der Waals surface area contributed by atoms with Crippen molar-refractivity contribution >= 4 is 34.5 Å². The lowest BCUT2D eigenvalue weighted by atomic mass is 10.1. The zero-order valence-corrected chi connectivity index (χ0v) is 18.1. The summed E-state index contributed by atoms with van der Waals surface area (Å²) in [4.78, 5) is 32.9. The number of anilines is 1. The molecule has 166 valence electrons. The average molecular weight is 443 g/mol. The van der Waals surface area contributed by atoms with Crippen LogP contribution in [0, 0.1) is 18.8 Å². The minimum absolute atomic E-state index is 0.0000383. The fourth-order valence-electron chi connectivity index (χ4n) is 3.39. The first-order chi connectivity index (χ1) is 16.0. The number of nitrogens with one attached hydrogen (secondary N) is 2. The highest BCUT2D eigenvalue weighted by molar-refractivity contribution is 6.26. The van der Waals surface area contributed by atoms with Gasteiger partial charge in [-0.3, -0.25) is 4.79 Å². The monoisotopic (exact) mass is 443 g/mol. The van der Waals surface area contributed by atoms with Crippen molar-refractivity contribution in [1.29, 1.82) is 0 Å². The van der Waals surface area contributed by atoms with Gasteiger partial charge in [-0.1, -0.05) is 11.8 Å². The summed E-state index contributed by atoms with van der Waals surface area (Å²) in [6.07, 6.45) is 4.95. The highest BCUT2D eigenvalue weighted by Crippen LogP contribution is 2.31. The number of ether oxygens (including phenoxy) is 2. The summed E-state index contributed by atoms with van der Waals surface area (Å²) < 4.78 is 10.9. The van der Waals surface area contributed by atoms with Gasteiger partial charge in [0, 0.05) is 34.6 Å². The molecule has 33 heavy (non-hydrogen) atoms. The normalized spacial score (nSPS) is 14.3. The zero-order chi connectivity index (χ0) is 23.4. The van der Waals surface area contributed by atoms with Crippen molar-refractivity contribution in [2.45, 2.75) is 13.8 Å². The number of nitrogens with zero attached hydrogens (tertiary/aromatic N) is 1. The predicted molar refractivity (Wildman–Crippen MR) is 123 cm³/mol. The second kappa shape index (κ2) is 9.42. The molecule has 0 unspecified atom stereocenters. The Balaban J connectivity index is 1.68. The van der Waals surface area contributed by atoms with E-state index in [4.69, 9.17) is 14.6 Å². The molecule has 0 radical (unpaired) electrons. The Morgan fingerprint density at radius 2 is 2.21 bits per heavy atom. The first kappa shape index (κ1) is 21.9. The molecule has 0 aliphatic carbocycles. The van der Waals surface area contributed by atoms with Crippen molar-refractivity contribution in [1.82, 2.24) is 9.97 Å². The van der Waals surface area contributed by atoms with Gasteiger partial charge in [0.05, 0.1) is 6.61 Å². The topological polar surface area (TPSA) is 114 Å². The molecule has 0 fully saturated rings. The zero-order valence-electron chi connectivity index (χ0n) is 18.1. The number of fused-ring (bicyclic) bond motifs is 1. The number of carbonyl (C=O) groups is 2. The van der Waals surface area contributed by atoms with Crippen LogP contribution < -0.4 is 5.32 Å². The molecule has 0 spiro atoms. The molecule has 2 aromatic heterocycles. The van der Waals surface area contributed by atoms with E-state index < -0.39 is 11.8 Å². The predicted octanol–water partition coefficient (Wildman–Crippen LogP) is 3.04. The Morgan fingerprint density at radius 1 is 1.36 bits per heavy atom. The Morgan fingerprint density at radius 3 is 2.97 bits per heavy atom. The van der Waals surface area contributed by atoms with E-state index in [-0.39, 0.29) is 30.4 Å². The van der Waals surface area contributed by atoms with E-state index in [9.17, 15) is 9.59 Å². The van der Waals surface area contributed by atoms with Crippen LogP contribution in [0.5, 0.6) is 0 Å². The van der Waals surface area contributed by atoms with Gasteiger partial charge in [0.1, 0.15) is 12.3 Å². The number of allylic oxidation sites excluding steroid dienone is 1. The molecule has 0 bridgehead atoms. The number of aryl methyl sites for hydroxylation is 1. The van der Waals surface area contributed by atoms with E-state index in [1.807, 2.05) is 19.1 Å². The van der Waals surface area contributed by atoms with E-state index in [1.54, 1.807) is 43.6 Å². The van der Waals surface area contributed by atoms with Crippen molar-refractivity contribution in [3.8, 4) is 11.8 Å². The molecule has 1 aromatic carbocycles. The van der Waals surface area contributed by atoms with Gasteiger partial charge in [-0.25, -0.2) is 9.78 Å². The lowest BCUT2D eigenvalue weighted by Crippen LogP contribution is -2.16. The number of aliphatic hydroxyl groups excluding tert-OH is 1. The van der Waals surface area contributed by atoms with Gasteiger partial charge in [0.2, 0.25) is 11.7 Å². The van der Waals surface area contributed by atoms with Crippen LogP contribution in [0.4, 0.5) is 5.69 Å². The van der Waals surface area contributed by atoms with E-state index in [2.05, 4.69) is 27.1 Å². The summed E-state index contributed by atoms with van der Waals surface area (Å²) in [6, 6.07) is 9.00. The third-order valence-corrected chi connectivity index (χ3v) is 4.93. The van der Waals surface area contributed by atoms with Crippen molar-refractivity contribution in [3.05, 3.63) is 76.6 Å². The number of esters is 1. The van der Waals surface area contributed by atoms with Crippen LogP contribution in [0.2, 0.25) is 0 Å². The number of rotatable bonds is 5. The van der Waals surface area contributed by atoms with Crippen molar-refractivity contribution in [3.63, 3.8) is 0 Å². The highest BCUT2D eigenvalue weighted by Gasteiger charge is 2.37. The number of hydrogen-bond donors (Lipinski definition) is 3. The second-order valence-corrected chi connectivity index (χ2v) is 7.12. The molecular formula is C25H21N3O5. The summed E-state index contributed by atoms with van der Waals surface area (Å²) in [5, 5.41) is 12.7. The molecule has 0 saturated carbocycles. The van der Waals surface area contributed by atoms with Crippen molar-refractivity contribution in [2.24, 2.45) is 0 Å². The van der Waals surface area contributed by atoms with Gasteiger partial charge < -0.3 is 24.9 Å². The second-order valence-electron chi connectivity index (χ2n) is 7.12. The number of aromatic amines is 1. The number of benzene rings is 1. The summed E-state index contributed by atoms with van der Waals surface area (Å²) in [5.41, 5.74) is 3.34. The summed E-state index contributed by atoms with van der Waals surface area (Å²) in [6.45, 7) is 3.40. The molecule has 8 nitrogen and oxygen atoms in total. The maximum absolute atomic E-state index is 13.1. The Kier molecular flexibility index (Phi) is 6.24. The van der Waals surface area contributed by atoms with E-state index in [1.165, 1.54) is 0 Å². The van der Waals surface area contributed by atoms with Crippen LogP contribution in [-0.2, 0) is 19.1 Å². The largest absolute Gasteiger partial charge is 0.462 e. The maximum Gasteiger partial charge on any atom is 0.347 e. The molecule has 0 amide bonds. The van der Waals surface area contributed by atoms with E-state index in [0.29, 0.717) is 16.9 Å². The first-order valence-corrected chi connectivity index (χ1v) is 10.3. The van der Waals surface area contributed by atoms with Crippen LogP contribution >= 0.6 is 0 Å². The van der Waals surface area contributed by atoms with Crippen LogP contribution in [0.1, 0.15) is 23.6 Å². The number of H-pyrrole nitrogens is 1.